The smallest absolute Gasteiger partial charge is 0.428 e. The molecule has 17 heteroatoms. The molecule has 1 fully saturated rings. The van der Waals surface area contributed by atoms with E-state index in [0.29, 0.717) is 25.5 Å². The van der Waals surface area contributed by atoms with Crippen molar-refractivity contribution in [2.45, 2.75) is 64.9 Å². The molecule has 0 N–H and O–H groups in total. The highest BCUT2D eigenvalue weighted by Crippen LogP contribution is 2.38. The number of esters is 1. The number of aromatic nitrogens is 2. The van der Waals surface area contributed by atoms with Gasteiger partial charge in [-0.1, -0.05) is 47.5 Å². The van der Waals surface area contributed by atoms with Gasteiger partial charge in [-0.15, -0.1) is 0 Å². The van der Waals surface area contributed by atoms with Crippen LogP contribution in [0.2, 0.25) is 10.0 Å². The van der Waals surface area contributed by atoms with Crippen molar-refractivity contribution in [1.82, 2.24) is 4.57 Å². The van der Waals surface area contributed by atoms with Crippen molar-refractivity contribution in [3.8, 4) is 11.5 Å². The van der Waals surface area contributed by atoms with E-state index in [4.69, 9.17) is 37.4 Å². The van der Waals surface area contributed by atoms with Crippen molar-refractivity contribution in [1.29, 1.82) is 0 Å². The summed E-state index contributed by atoms with van der Waals surface area (Å²) in [7, 11) is -4.21. The standard InChI is InChI=1S/C34H35Cl2F2N3O9S/c1-34(2,3)50-33(43)41(51(4,45)46)27-17-39(26-8-6-5-7-22(26)27)18-31(42)48-29(14-23-24(35)15-40(44)16-25(23)36)21-11-12-28(49-32(37)38)30(13-21)47-19-20-9-10-20/h5-8,11-13,15-17,20,29,32H,9-10,14,18-19H2,1-4H3/t29-/m0/s1. The number of sulfonamides is 1. The zero-order valence-electron chi connectivity index (χ0n) is 28.0. The monoisotopic (exact) mass is 769 g/mol. The summed E-state index contributed by atoms with van der Waals surface area (Å²) in [6.07, 6.45) is 3.80. The van der Waals surface area contributed by atoms with Crippen LogP contribution in [0.25, 0.3) is 10.9 Å². The van der Waals surface area contributed by atoms with Crippen LogP contribution in [0.4, 0.5) is 19.3 Å². The Morgan fingerprint density at radius 1 is 1.08 bits per heavy atom. The molecule has 51 heavy (non-hydrogen) atoms. The fourth-order valence-electron chi connectivity index (χ4n) is 5.23. The molecule has 0 aliphatic heterocycles. The molecular formula is C34H35Cl2F2N3O9S. The van der Waals surface area contributed by atoms with E-state index in [1.807, 2.05) is 0 Å². The Morgan fingerprint density at radius 2 is 1.75 bits per heavy atom. The molecule has 0 spiro atoms. The quantitative estimate of drug-likeness (QED) is 0.0785. The summed E-state index contributed by atoms with van der Waals surface area (Å²) in [5.74, 6) is -0.745. The molecule has 2 aromatic heterocycles. The molecule has 4 aromatic rings. The number of pyridine rings is 1. The fourth-order valence-corrected chi connectivity index (χ4v) is 6.64. The van der Waals surface area contributed by atoms with Gasteiger partial charge >= 0.3 is 18.7 Å². The first-order valence-electron chi connectivity index (χ1n) is 15.7. The summed E-state index contributed by atoms with van der Waals surface area (Å²) in [6, 6.07) is 10.6. The van der Waals surface area contributed by atoms with Gasteiger partial charge < -0.3 is 28.7 Å². The number of ether oxygens (including phenoxy) is 4. The van der Waals surface area contributed by atoms with Crippen molar-refractivity contribution in [3.05, 3.63) is 87.4 Å². The molecule has 0 bridgehead atoms. The Hall–Kier alpha value is -4.34. The van der Waals surface area contributed by atoms with Gasteiger partial charge in [0.2, 0.25) is 10.0 Å². The summed E-state index contributed by atoms with van der Waals surface area (Å²) < 4.78 is 76.5. The van der Waals surface area contributed by atoms with E-state index in [0.717, 1.165) is 31.5 Å². The van der Waals surface area contributed by atoms with Gasteiger partial charge in [-0.25, -0.2) is 13.2 Å². The van der Waals surface area contributed by atoms with Crippen LogP contribution < -0.4 is 18.5 Å². The first kappa shape index (κ1) is 37.9. The van der Waals surface area contributed by atoms with Gasteiger partial charge in [0.1, 0.15) is 28.3 Å². The number of carbonyl (C=O) groups excluding carboxylic acids is 2. The van der Waals surface area contributed by atoms with Crippen LogP contribution in [0.3, 0.4) is 0 Å². The number of hydrogen-bond donors (Lipinski definition) is 0. The molecule has 2 heterocycles. The number of anilines is 1. The minimum absolute atomic E-state index is 0.00691. The molecule has 0 saturated heterocycles. The second-order valence-electron chi connectivity index (χ2n) is 13.0. The molecule has 2 aromatic carbocycles. The van der Waals surface area contributed by atoms with Crippen LogP contribution in [0.5, 0.6) is 11.5 Å². The second kappa shape index (κ2) is 15.1. The Kier molecular flexibility index (Phi) is 11.2. The zero-order valence-corrected chi connectivity index (χ0v) is 30.3. The maximum absolute atomic E-state index is 13.7. The van der Waals surface area contributed by atoms with Crippen molar-refractivity contribution in [2.24, 2.45) is 5.92 Å². The van der Waals surface area contributed by atoms with Crippen molar-refractivity contribution in [2.75, 3.05) is 17.2 Å². The van der Waals surface area contributed by atoms with E-state index < -0.39 is 46.9 Å². The van der Waals surface area contributed by atoms with Gasteiger partial charge in [0.15, 0.2) is 23.9 Å². The van der Waals surface area contributed by atoms with Gasteiger partial charge in [-0.2, -0.15) is 17.8 Å². The molecule has 0 unspecified atom stereocenters. The third kappa shape index (κ3) is 9.71. The van der Waals surface area contributed by atoms with Gasteiger partial charge in [-0.05, 0) is 63.3 Å². The molecule has 0 radical (unpaired) electrons. The lowest BCUT2D eigenvalue weighted by Crippen LogP contribution is -2.40. The van der Waals surface area contributed by atoms with Crippen LogP contribution in [-0.2, 0) is 37.3 Å². The predicted octanol–water partition coefficient (Wildman–Crippen LogP) is 7.20. The summed E-state index contributed by atoms with van der Waals surface area (Å²) in [5.41, 5.74) is -0.0777. The fraction of sp³-hybridized carbons (Fsp3) is 0.382. The van der Waals surface area contributed by atoms with Crippen molar-refractivity contribution < 1.29 is 50.5 Å². The normalized spacial score (nSPS) is 14.0. The molecule has 5 rings (SSSR count). The number of rotatable bonds is 13. The molecule has 274 valence electrons. The number of nitrogens with zero attached hydrogens (tertiary/aromatic N) is 3. The number of para-hydroxylation sites is 1. The van der Waals surface area contributed by atoms with E-state index in [2.05, 4.69) is 4.74 Å². The lowest BCUT2D eigenvalue weighted by Gasteiger charge is -2.25. The highest BCUT2D eigenvalue weighted by Gasteiger charge is 2.33. The van der Waals surface area contributed by atoms with E-state index in [1.54, 1.807) is 45.0 Å². The highest BCUT2D eigenvalue weighted by molar-refractivity contribution is 7.92. The Morgan fingerprint density at radius 3 is 2.35 bits per heavy atom. The summed E-state index contributed by atoms with van der Waals surface area (Å²) >= 11 is 12.7. The lowest BCUT2D eigenvalue weighted by molar-refractivity contribution is -0.605. The third-order valence-electron chi connectivity index (χ3n) is 7.62. The summed E-state index contributed by atoms with van der Waals surface area (Å²) in [4.78, 5) is 26.9. The van der Waals surface area contributed by atoms with Gasteiger partial charge in [0.05, 0.1) is 24.1 Å². The Labute approximate surface area is 303 Å². The maximum Gasteiger partial charge on any atom is 0.428 e. The number of halogens is 4. The van der Waals surface area contributed by atoms with Crippen LogP contribution in [0.15, 0.2) is 61.1 Å². The largest absolute Gasteiger partial charge is 0.619 e. The van der Waals surface area contributed by atoms with E-state index >= 15 is 0 Å². The Bertz CT molecular complexity index is 2030. The van der Waals surface area contributed by atoms with Crippen LogP contribution in [0, 0.1) is 11.1 Å². The van der Waals surface area contributed by atoms with E-state index in [9.17, 15) is 32.0 Å². The molecule has 1 aliphatic carbocycles. The first-order valence-corrected chi connectivity index (χ1v) is 18.3. The number of fused-ring (bicyclic) bond motifs is 1. The van der Waals surface area contributed by atoms with Crippen LogP contribution in [-0.4, -0.2) is 50.1 Å². The van der Waals surface area contributed by atoms with E-state index in [1.165, 1.54) is 29.0 Å². The molecule has 1 aliphatic rings. The lowest BCUT2D eigenvalue weighted by atomic mass is 10.0. The summed E-state index contributed by atoms with van der Waals surface area (Å²) in [6.45, 7) is 1.47. The van der Waals surface area contributed by atoms with E-state index in [-0.39, 0.29) is 51.7 Å². The SMILES string of the molecule is CC(C)(C)OC(=O)N(c1cn(CC(=O)O[C@@H](Cc2c(Cl)c[n+]([O-])cc2Cl)c2ccc(OC(F)F)c(OCC3CC3)c2)c2ccccc12)S(C)(=O)=O. The minimum Gasteiger partial charge on any atom is -0.619 e. The van der Waals surface area contributed by atoms with Gasteiger partial charge in [-0.3, -0.25) is 4.79 Å². The average Bonchev–Trinajstić information content (AvgIpc) is 3.78. The minimum atomic E-state index is -4.21. The second-order valence-corrected chi connectivity index (χ2v) is 15.6. The van der Waals surface area contributed by atoms with Crippen LogP contribution >= 0.6 is 23.2 Å². The van der Waals surface area contributed by atoms with Crippen LogP contribution in [0.1, 0.15) is 50.8 Å². The number of alkyl halides is 2. The zero-order chi connectivity index (χ0) is 37.2. The van der Waals surface area contributed by atoms with Gasteiger partial charge in [0, 0.05) is 23.6 Å². The maximum atomic E-state index is 13.7. The molecule has 1 atom stereocenters. The molecule has 1 amide bonds. The van der Waals surface area contributed by atoms with Gasteiger partial charge in [0.25, 0.3) is 0 Å². The molecular weight excluding hydrogens is 735 g/mol. The number of carbonyl (C=O) groups is 2. The molecule has 12 nitrogen and oxygen atoms in total. The van der Waals surface area contributed by atoms with Crippen molar-refractivity contribution >= 4 is 61.9 Å². The average molecular weight is 771 g/mol. The number of hydrogen-bond acceptors (Lipinski definition) is 9. The first-order chi connectivity index (χ1) is 23.9. The predicted molar refractivity (Wildman–Crippen MR) is 185 cm³/mol. The number of amides is 1. The summed E-state index contributed by atoms with van der Waals surface area (Å²) in [5, 5.41) is 12.2. The number of benzene rings is 2. The van der Waals surface area contributed by atoms with Crippen molar-refractivity contribution in [3.63, 3.8) is 0 Å². The third-order valence-corrected chi connectivity index (χ3v) is 9.29. The topological polar surface area (TPSA) is 140 Å². The Balaban J connectivity index is 1.51. The highest BCUT2D eigenvalue weighted by atomic mass is 35.5. The molecule has 1 saturated carbocycles.